The molecule has 1 unspecified atom stereocenters. The monoisotopic (exact) mass is 488 g/mol. The summed E-state index contributed by atoms with van der Waals surface area (Å²) in [6, 6.07) is 0. The summed E-state index contributed by atoms with van der Waals surface area (Å²) in [6.07, 6.45) is -0.857. The smallest absolute Gasteiger partial charge is 0.308 e. The molecule has 12 heteroatoms. The van der Waals surface area contributed by atoms with Gasteiger partial charge in [0, 0.05) is 13.0 Å². The van der Waals surface area contributed by atoms with Crippen molar-refractivity contribution in [3.05, 3.63) is 5.82 Å². The van der Waals surface area contributed by atoms with E-state index in [1.54, 1.807) is 11.8 Å². The molecule has 190 valence electrons. The second-order valence-electron chi connectivity index (χ2n) is 9.01. The molecule has 2 aliphatic heterocycles. The maximum Gasteiger partial charge on any atom is 0.308 e. The van der Waals surface area contributed by atoms with Gasteiger partial charge in [-0.25, -0.2) is 9.97 Å². The van der Waals surface area contributed by atoms with Crippen LogP contribution in [0.5, 0.6) is 0 Å². The topological polar surface area (TPSA) is 172 Å². The predicted octanol–water partition coefficient (Wildman–Crippen LogP) is -0.448. The van der Waals surface area contributed by atoms with E-state index in [1.165, 1.54) is 7.11 Å². The normalized spacial score (nSPS) is 29.5. The van der Waals surface area contributed by atoms with E-state index in [-0.39, 0.29) is 30.2 Å². The van der Waals surface area contributed by atoms with Crippen LogP contribution < -0.4 is 21.3 Å². The number of nitrogens with zero attached hydrogens (tertiary/aromatic N) is 3. The zero-order valence-electron chi connectivity index (χ0n) is 19.9. The number of aromatic nitrogens is 2. The standard InChI is InChI=1S/C23H32N6O6/c1-3-25-21(32)18-16(30)17(31)22(35-18)29-11-26-15-19(24)27-14(28-20(15)29)6-4-5-12-7-9-13(10-8-12)23(33)34-2/h12-13,16-18,22,26,30-31H,3,5,7-11H2,1-2H3,(H,25,32)(H2,24,27,28)/t12?,13?,16?,17-,18-,22+/m0/s1. The van der Waals surface area contributed by atoms with Crippen molar-refractivity contribution in [1.29, 1.82) is 0 Å². The van der Waals surface area contributed by atoms with Gasteiger partial charge < -0.3 is 41.0 Å². The van der Waals surface area contributed by atoms with Gasteiger partial charge in [0.1, 0.15) is 17.9 Å². The van der Waals surface area contributed by atoms with Gasteiger partial charge in [0.2, 0.25) is 5.82 Å². The van der Waals surface area contributed by atoms with Crippen molar-refractivity contribution in [1.82, 2.24) is 15.3 Å². The molecule has 4 rings (SSSR count). The van der Waals surface area contributed by atoms with Gasteiger partial charge >= 0.3 is 5.97 Å². The first kappa shape index (κ1) is 25.0. The van der Waals surface area contributed by atoms with Crippen molar-refractivity contribution < 1.29 is 29.3 Å². The number of nitrogen functional groups attached to an aromatic ring is 1. The summed E-state index contributed by atoms with van der Waals surface area (Å²) in [5, 5.41) is 26.6. The number of aliphatic hydroxyl groups is 2. The highest BCUT2D eigenvalue weighted by molar-refractivity contribution is 5.83. The van der Waals surface area contributed by atoms with E-state index in [9.17, 15) is 19.8 Å². The number of carbonyl (C=O) groups excluding carboxylic acids is 2. The summed E-state index contributed by atoms with van der Waals surface area (Å²) in [6.45, 7) is 2.33. The van der Waals surface area contributed by atoms with Crippen LogP contribution in [0.25, 0.3) is 0 Å². The molecule has 0 radical (unpaired) electrons. The average Bonchev–Trinajstić information content (AvgIpc) is 3.40. The van der Waals surface area contributed by atoms with Crippen LogP contribution in [0.3, 0.4) is 0 Å². The molecule has 1 saturated heterocycles. The highest BCUT2D eigenvalue weighted by Gasteiger charge is 2.50. The van der Waals surface area contributed by atoms with E-state index in [0.29, 0.717) is 30.4 Å². The summed E-state index contributed by atoms with van der Waals surface area (Å²) in [5.41, 5.74) is 6.59. The Labute approximate surface area is 203 Å². The van der Waals surface area contributed by atoms with Crippen LogP contribution in [0.1, 0.15) is 44.9 Å². The third-order valence-corrected chi connectivity index (χ3v) is 6.74. The van der Waals surface area contributed by atoms with E-state index in [4.69, 9.17) is 15.2 Å². The summed E-state index contributed by atoms with van der Waals surface area (Å²) in [5.74, 6) is 6.63. The second kappa shape index (κ2) is 10.6. The molecule has 2 fully saturated rings. The van der Waals surface area contributed by atoms with Crippen molar-refractivity contribution in [2.45, 2.75) is 63.6 Å². The Hall–Kier alpha value is -3.14. The number of carbonyl (C=O) groups is 2. The number of likely N-dealkylation sites (N-methyl/N-ethyl adjacent to an activating group) is 1. The number of aliphatic hydroxyl groups excluding tert-OH is 2. The molecule has 35 heavy (non-hydrogen) atoms. The van der Waals surface area contributed by atoms with Gasteiger partial charge in [0.15, 0.2) is 24.0 Å². The van der Waals surface area contributed by atoms with E-state index in [0.717, 1.165) is 25.7 Å². The van der Waals surface area contributed by atoms with Crippen molar-refractivity contribution in [3.8, 4) is 11.8 Å². The first-order valence-electron chi connectivity index (χ1n) is 11.9. The second-order valence-corrected chi connectivity index (χ2v) is 9.01. The molecule has 3 aliphatic rings. The molecular formula is C23H32N6O6. The fraction of sp³-hybridized carbons (Fsp3) is 0.652. The van der Waals surface area contributed by atoms with Crippen molar-refractivity contribution in [2.75, 3.05) is 36.3 Å². The van der Waals surface area contributed by atoms with Gasteiger partial charge in [0.05, 0.1) is 19.7 Å². The fourth-order valence-corrected chi connectivity index (χ4v) is 4.80. The molecule has 0 aromatic carbocycles. The lowest BCUT2D eigenvalue weighted by Crippen LogP contribution is -2.44. The summed E-state index contributed by atoms with van der Waals surface area (Å²) < 4.78 is 10.6. The minimum atomic E-state index is -1.39. The Kier molecular flexibility index (Phi) is 7.59. The van der Waals surface area contributed by atoms with Gasteiger partial charge in [0.25, 0.3) is 5.91 Å². The molecule has 1 aromatic heterocycles. The van der Waals surface area contributed by atoms with Gasteiger partial charge in [-0.3, -0.25) is 9.59 Å². The quantitative estimate of drug-likeness (QED) is 0.268. The Morgan fingerprint density at radius 1 is 1.26 bits per heavy atom. The van der Waals surface area contributed by atoms with Gasteiger partial charge in [-0.15, -0.1) is 0 Å². The third-order valence-electron chi connectivity index (χ3n) is 6.74. The molecule has 12 nitrogen and oxygen atoms in total. The number of fused-ring (bicyclic) bond motifs is 1. The SMILES string of the molecule is CCNC(=O)[C@H]1O[C@@H](N2CNc3c(N)nc(C#CCC4CCC(C(=O)OC)CC4)nc32)[C@@H](O)C1O. The summed E-state index contributed by atoms with van der Waals surface area (Å²) in [4.78, 5) is 34.3. The third kappa shape index (κ3) is 5.12. The molecule has 0 bridgehead atoms. The maximum absolute atomic E-state index is 12.2. The maximum atomic E-state index is 12.2. The number of nitrogens with two attached hydrogens (primary N) is 1. The first-order chi connectivity index (χ1) is 16.8. The minimum absolute atomic E-state index is 0.0261. The van der Waals surface area contributed by atoms with Crippen LogP contribution in [0.4, 0.5) is 17.3 Å². The lowest BCUT2D eigenvalue weighted by atomic mass is 9.81. The summed E-state index contributed by atoms with van der Waals surface area (Å²) >= 11 is 0. The number of esters is 1. The average molecular weight is 489 g/mol. The Morgan fingerprint density at radius 3 is 2.69 bits per heavy atom. The number of hydrogen-bond donors (Lipinski definition) is 5. The molecule has 1 aliphatic carbocycles. The molecule has 1 saturated carbocycles. The Bertz CT molecular complexity index is 1020. The molecular weight excluding hydrogens is 456 g/mol. The molecule has 0 spiro atoms. The van der Waals surface area contributed by atoms with Crippen LogP contribution in [0.15, 0.2) is 0 Å². The van der Waals surface area contributed by atoms with E-state index < -0.39 is 30.4 Å². The number of anilines is 3. The lowest BCUT2D eigenvalue weighted by Gasteiger charge is -2.26. The van der Waals surface area contributed by atoms with Crippen LogP contribution in [0, 0.1) is 23.7 Å². The molecule has 1 aromatic rings. The van der Waals surface area contributed by atoms with Crippen LogP contribution in [-0.4, -0.2) is 76.9 Å². The minimum Gasteiger partial charge on any atom is -0.469 e. The Morgan fingerprint density at radius 2 is 2.00 bits per heavy atom. The van der Waals surface area contributed by atoms with Gasteiger partial charge in [-0.2, -0.15) is 0 Å². The highest BCUT2D eigenvalue weighted by atomic mass is 16.6. The van der Waals surface area contributed by atoms with Crippen molar-refractivity contribution >= 4 is 29.2 Å². The number of rotatable bonds is 5. The number of hydrogen-bond acceptors (Lipinski definition) is 11. The molecule has 6 N–H and O–H groups in total. The number of nitrogens with one attached hydrogen (secondary N) is 2. The summed E-state index contributed by atoms with van der Waals surface area (Å²) in [7, 11) is 1.42. The van der Waals surface area contributed by atoms with Crippen LogP contribution in [-0.2, 0) is 19.1 Å². The van der Waals surface area contributed by atoms with Gasteiger partial charge in [-0.05, 0) is 44.4 Å². The number of amides is 1. The van der Waals surface area contributed by atoms with Crippen molar-refractivity contribution in [2.24, 2.45) is 11.8 Å². The first-order valence-corrected chi connectivity index (χ1v) is 11.9. The Balaban J connectivity index is 1.44. The van der Waals surface area contributed by atoms with Crippen LogP contribution in [0.2, 0.25) is 0 Å². The largest absolute Gasteiger partial charge is 0.469 e. The van der Waals surface area contributed by atoms with Crippen molar-refractivity contribution in [3.63, 3.8) is 0 Å². The highest BCUT2D eigenvalue weighted by Crippen LogP contribution is 2.38. The van der Waals surface area contributed by atoms with Gasteiger partial charge in [-0.1, -0.05) is 5.92 Å². The zero-order chi connectivity index (χ0) is 25.1. The number of ether oxygens (including phenoxy) is 2. The lowest BCUT2D eigenvalue weighted by molar-refractivity contribution is -0.146. The molecule has 4 atom stereocenters. The fourth-order valence-electron chi connectivity index (χ4n) is 4.80. The predicted molar refractivity (Wildman–Crippen MR) is 126 cm³/mol. The molecule has 1 amide bonds. The van der Waals surface area contributed by atoms with E-state index >= 15 is 0 Å². The van der Waals surface area contributed by atoms with E-state index in [1.807, 2.05) is 0 Å². The zero-order valence-corrected chi connectivity index (χ0v) is 19.9. The molecule has 3 heterocycles. The van der Waals surface area contributed by atoms with E-state index in [2.05, 4.69) is 32.4 Å². The van der Waals surface area contributed by atoms with Crippen LogP contribution >= 0.6 is 0 Å². The number of methoxy groups -OCH3 is 1.